The van der Waals surface area contributed by atoms with Crippen LogP contribution >= 0.6 is 0 Å². The highest BCUT2D eigenvalue weighted by Crippen LogP contribution is 2.29. The molecule has 1 aromatic heterocycles. The van der Waals surface area contributed by atoms with Crippen molar-refractivity contribution in [3.8, 4) is 11.8 Å². The van der Waals surface area contributed by atoms with Crippen LogP contribution in [0.1, 0.15) is 18.5 Å². The molecule has 1 aliphatic heterocycles. The number of nitrogens with zero attached hydrogens (tertiary/aromatic N) is 4. The predicted molar refractivity (Wildman–Crippen MR) is 117 cm³/mol. The lowest BCUT2D eigenvalue weighted by Crippen LogP contribution is -2.38. The van der Waals surface area contributed by atoms with Gasteiger partial charge in [-0.1, -0.05) is 12.1 Å². The molecular weight excluding hydrogens is 394 g/mol. The third-order valence-corrected chi connectivity index (χ3v) is 4.99. The van der Waals surface area contributed by atoms with Crippen LogP contribution in [0.25, 0.3) is 11.0 Å². The average molecular weight is 417 g/mol. The maximum Gasteiger partial charge on any atom is 0.248 e. The van der Waals surface area contributed by atoms with Crippen molar-refractivity contribution in [1.29, 1.82) is 5.26 Å². The van der Waals surface area contributed by atoms with E-state index in [1.165, 1.54) is 0 Å². The number of amides is 1. The zero-order valence-electron chi connectivity index (χ0n) is 17.2. The summed E-state index contributed by atoms with van der Waals surface area (Å²) in [5.74, 6) is -0.296. The first-order valence-electron chi connectivity index (χ1n) is 10.2. The number of anilines is 2. The van der Waals surface area contributed by atoms with Crippen LogP contribution in [-0.4, -0.2) is 48.8 Å². The molecule has 2 heterocycles. The van der Waals surface area contributed by atoms with E-state index in [2.05, 4.69) is 16.4 Å². The largest absolute Gasteiger partial charge is 0.494 e. The van der Waals surface area contributed by atoms with Gasteiger partial charge in [-0.2, -0.15) is 5.26 Å². The van der Waals surface area contributed by atoms with Gasteiger partial charge in [0.2, 0.25) is 5.91 Å². The predicted octanol–water partition coefficient (Wildman–Crippen LogP) is 3.11. The van der Waals surface area contributed by atoms with Gasteiger partial charge in [-0.15, -0.1) is 0 Å². The minimum absolute atomic E-state index is 0.353. The maximum absolute atomic E-state index is 13.1. The maximum atomic E-state index is 13.1. The molecule has 0 bridgehead atoms. The molecule has 1 amide bonds. The van der Waals surface area contributed by atoms with Gasteiger partial charge in [0.1, 0.15) is 11.4 Å². The van der Waals surface area contributed by atoms with E-state index in [1.807, 2.05) is 36.1 Å². The first kappa shape index (κ1) is 20.6. The topological polar surface area (TPSA) is 100 Å². The van der Waals surface area contributed by atoms with Crippen molar-refractivity contribution in [2.24, 2.45) is 0 Å². The van der Waals surface area contributed by atoms with Crippen molar-refractivity contribution < 1.29 is 14.3 Å². The number of morpholine rings is 1. The Balaban J connectivity index is 1.67. The molecule has 4 rings (SSSR count). The van der Waals surface area contributed by atoms with Gasteiger partial charge in [0.25, 0.3) is 0 Å². The minimum atomic E-state index is -1.11. The van der Waals surface area contributed by atoms with Gasteiger partial charge in [-0.3, -0.25) is 4.79 Å². The lowest BCUT2D eigenvalue weighted by Gasteiger charge is -2.29. The van der Waals surface area contributed by atoms with Crippen LogP contribution in [-0.2, 0) is 9.53 Å². The summed E-state index contributed by atoms with van der Waals surface area (Å²) in [6.07, 6.45) is 0. The van der Waals surface area contributed by atoms with Gasteiger partial charge >= 0.3 is 0 Å². The molecular formula is C23H23N5O3. The number of benzene rings is 2. The fourth-order valence-corrected chi connectivity index (χ4v) is 3.47. The third-order valence-electron chi connectivity index (χ3n) is 4.99. The molecule has 0 saturated carbocycles. The Morgan fingerprint density at radius 2 is 1.84 bits per heavy atom. The quantitative estimate of drug-likeness (QED) is 0.658. The zero-order chi connectivity index (χ0) is 21.6. The number of hydrogen-bond donors (Lipinski definition) is 1. The average Bonchev–Trinajstić information content (AvgIpc) is 2.81. The molecule has 1 aliphatic rings. The van der Waals surface area contributed by atoms with Crippen LogP contribution in [0.15, 0.2) is 48.5 Å². The fraction of sp³-hybridized carbons (Fsp3) is 0.304. The number of nitrogens with one attached hydrogen (secondary N) is 1. The summed E-state index contributed by atoms with van der Waals surface area (Å²) in [7, 11) is 0. The molecule has 1 atom stereocenters. The van der Waals surface area contributed by atoms with Crippen LogP contribution in [0.4, 0.5) is 11.5 Å². The molecule has 158 valence electrons. The number of rotatable bonds is 6. The standard InChI is InChI=1S/C23H23N5O3/c1-2-31-17-9-7-16(8-10-17)25-23(29)18(15-24)21-22(28-11-13-30-14-12-28)27-20-6-4-3-5-19(20)26-21/h3-10,18H,2,11-14H2,1H3,(H,25,29)/t18-/m1/s1. The molecule has 8 heteroatoms. The van der Waals surface area contributed by atoms with Crippen molar-refractivity contribution in [3.63, 3.8) is 0 Å². The number of carbonyl (C=O) groups excluding carboxylic acids is 1. The SMILES string of the molecule is CCOc1ccc(NC(=O)[C@H](C#N)c2nc3ccccc3nc2N2CCOCC2)cc1. The van der Waals surface area contributed by atoms with Crippen molar-refractivity contribution in [1.82, 2.24) is 9.97 Å². The van der Waals surface area contributed by atoms with Crippen LogP contribution in [0.5, 0.6) is 5.75 Å². The third kappa shape index (κ3) is 4.57. The van der Waals surface area contributed by atoms with Gasteiger partial charge in [-0.05, 0) is 43.3 Å². The summed E-state index contributed by atoms with van der Waals surface area (Å²) in [5.41, 5.74) is 2.29. The summed E-state index contributed by atoms with van der Waals surface area (Å²) in [6.45, 7) is 4.83. The van der Waals surface area contributed by atoms with Gasteiger partial charge in [0.15, 0.2) is 11.7 Å². The number of para-hydroxylation sites is 2. The Bertz CT molecular complexity index is 1100. The Morgan fingerprint density at radius 1 is 1.16 bits per heavy atom. The van der Waals surface area contributed by atoms with E-state index in [4.69, 9.17) is 14.5 Å². The van der Waals surface area contributed by atoms with E-state index in [9.17, 15) is 10.1 Å². The fourth-order valence-electron chi connectivity index (χ4n) is 3.47. The van der Waals surface area contributed by atoms with Crippen LogP contribution in [0.3, 0.4) is 0 Å². The van der Waals surface area contributed by atoms with E-state index in [0.717, 1.165) is 5.52 Å². The number of hydrogen-bond acceptors (Lipinski definition) is 7. The Labute approximate surface area is 180 Å². The summed E-state index contributed by atoms with van der Waals surface area (Å²) in [4.78, 5) is 24.5. The lowest BCUT2D eigenvalue weighted by molar-refractivity contribution is -0.116. The highest BCUT2D eigenvalue weighted by Gasteiger charge is 2.29. The number of nitriles is 1. The van der Waals surface area contributed by atoms with Crippen LogP contribution < -0.4 is 15.0 Å². The summed E-state index contributed by atoms with van der Waals surface area (Å²) in [5, 5.41) is 12.7. The normalized spacial score (nSPS) is 14.6. The van der Waals surface area contributed by atoms with E-state index in [1.54, 1.807) is 24.3 Å². The van der Waals surface area contributed by atoms with Crippen LogP contribution in [0, 0.1) is 11.3 Å². The molecule has 0 spiro atoms. The molecule has 8 nitrogen and oxygen atoms in total. The molecule has 0 unspecified atom stereocenters. The van der Waals surface area contributed by atoms with Crippen molar-refractivity contribution in [2.75, 3.05) is 43.1 Å². The zero-order valence-corrected chi connectivity index (χ0v) is 17.2. The first-order chi connectivity index (χ1) is 15.2. The Kier molecular flexibility index (Phi) is 6.24. The van der Waals surface area contributed by atoms with E-state index in [0.29, 0.717) is 61.4 Å². The monoisotopic (exact) mass is 417 g/mol. The number of ether oxygens (including phenoxy) is 2. The second-order valence-corrected chi connectivity index (χ2v) is 7.03. The second-order valence-electron chi connectivity index (χ2n) is 7.03. The van der Waals surface area contributed by atoms with Crippen LogP contribution in [0.2, 0.25) is 0 Å². The van der Waals surface area contributed by atoms with Crippen molar-refractivity contribution in [2.45, 2.75) is 12.8 Å². The Morgan fingerprint density at radius 3 is 2.48 bits per heavy atom. The highest BCUT2D eigenvalue weighted by molar-refractivity contribution is 5.98. The smallest absolute Gasteiger partial charge is 0.248 e. The molecule has 1 saturated heterocycles. The van der Waals surface area contributed by atoms with E-state index < -0.39 is 11.8 Å². The summed E-state index contributed by atoms with van der Waals surface area (Å²) >= 11 is 0. The minimum Gasteiger partial charge on any atom is -0.494 e. The lowest BCUT2D eigenvalue weighted by atomic mass is 10.0. The molecule has 2 aromatic carbocycles. The van der Waals surface area contributed by atoms with Gasteiger partial charge in [0.05, 0.1) is 36.9 Å². The van der Waals surface area contributed by atoms with Crippen molar-refractivity contribution in [3.05, 3.63) is 54.2 Å². The van der Waals surface area contributed by atoms with Gasteiger partial charge in [0, 0.05) is 18.8 Å². The second kappa shape index (κ2) is 9.41. The Hall–Kier alpha value is -3.70. The molecule has 3 aromatic rings. The van der Waals surface area contributed by atoms with Gasteiger partial charge < -0.3 is 19.7 Å². The number of aromatic nitrogens is 2. The molecule has 0 radical (unpaired) electrons. The molecule has 0 aliphatic carbocycles. The van der Waals surface area contributed by atoms with Gasteiger partial charge in [-0.25, -0.2) is 9.97 Å². The summed E-state index contributed by atoms with van der Waals surface area (Å²) < 4.78 is 10.9. The number of carbonyl (C=O) groups is 1. The number of fused-ring (bicyclic) bond motifs is 1. The van der Waals surface area contributed by atoms with E-state index in [-0.39, 0.29) is 0 Å². The molecule has 1 fully saturated rings. The summed E-state index contributed by atoms with van der Waals surface area (Å²) in [6, 6.07) is 16.6. The van der Waals surface area contributed by atoms with E-state index >= 15 is 0 Å². The highest BCUT2D eigenvalue weighted by atomic mass is 16.5. The van der Waals surface area contributed by atoms with Crippen molar-refractivity contribution >= 4 is 28.4 Å². The molecule has 31 heavy (non-hydrogen) atoms. The molecule has 1 N–H and O–H groups in total. The first-order valence-corrected chi connectivity index (χ1v) is 10.2.